The van der Waals surface area contributed by atoms with Crippen molar-refractivity contribution in [2.75, 3.05) is 19.8 Å². The molecule has 1 aliphatic heterocycles. The van der Waals surface area contributed by atoms with Crippen molar-refractivity contribution >= 4 is 11.8 Å². The Balaban J connectivity index is 1.83. The molecule has 0 aromatic heterocycles. The van der Waals surface area contributed by atoms with Crippen LogP contribution in [0.4, 0.5) is 0 Å². The van der Waals surface area contributed by atoms with Crippen LogP contribution >= 0.6 is 11.8 Å². The molecular formula is C16H25NO2S. The molecule has 0 saturated heterocycles. The summed E-state index contributed by atoms with van der Waals surface area (Å²) in [7, 11) is 0. The topological polar surface area (TPSA) is 30.5 Å². The minimum Gasteiger partial charge on any atom is -0.486 e. The van der Waals surface area contributed by atoms with Gasteiger partial charge < -0.3 is 14.8 Å². The van der Waals surface area contributed by atoms with Crippen molar-refractivity contribution in [2.24, 2.45) is 0 Å². The number of hydrogen-bond donors (Lipinski definition) is 1. The largest absolute Gasteiger partial charge is 0.486 e. The molecular weight excluding hydrogens is 270 g/mol. The van der Waals surface area contributed by atoms with Crippen molar-refractivity contribution in [3.63, 3.8) is 0 Å². The van der Waals surface area contributed by atoms with Gasteiger partial charge in [-0.25, -0.2) is 0 Å². The lowest BCUT2D eigenvalue weighted by Crippen LogP contribution is -2.31. The highest BCUT2D eigenvalue weighted by Crippen LogP contribution is 2.35. The zero-order chi connectivity index (χ0) is 14.4. The first-order valence-corrected chi connectivity index (χ1v) is 8.36. The summed E-state index contributed by atoms with van der Waals surface area (Å²) in [6, 6.07) is 6.81. The summed E-state index contributed by atoms with van der Waals surface area (Å²) in [6.07, 6.45) is 2.47. The van der Waals surface area contributed by atoms with E-state index in [0.717, 1.165) is 18.0 Å². The Hall–Kier alpha value is -0.870. The van der Waals surface area contributed by atoms with Gasteiger partial charge in [0.05, 0.1) is 0 Å². The molecule has 1 aromatic rings. The van der Waals surface area contributed by atoms with Crippen LogP contribution in [-0.4, -0.2) is 31.1 Å². The molecule has 0 spiro atoms. The third-order valence-corrected chi connectivity index (χ3v) is 4.42. The molecule has 1 heterocycles. The van der Waals surface area contributed by atoms with Gasteiger partial charge in [0.15, 0.2) is 11.5 Å². The van der Waals surface area contributed by atoms with Gasteiger partial charge in [0.2, 0.25) is 0 Å². The molecule has 0 fully saturated rings. The number of thioether (sulfide) groups is 1. The van der Waals surface area contributed by atoms with Gasteiger partial charge in [-0.3, -0.25) is 0 Å². The van der Waals surface area contributed by atoms with E-state index < -0.39 is 0 Å². The van der Waals surface area contributed by atoms with Crippen LogP contribution in [0.3, 0.4) is 0 Å². The zero-order valence-corrected chi connectivity index (χ0v) is 13.5. The van der Waals surface area contributed by atoms with Crippen LogP contribution in [0.1, 0.15) is 33.6 Å². The van der Waals surface area contributed by atoms with Gasteiger partial charge >= 0.3 is 0 Å². The van der Waals surface area contributed by atoms with E-state index in [1.54, 1.807) is 0 Å². The predicted octanol–water partition coefficient (Wildman–Crippen LogP) is 3.72. The lowest BCUT2D eigenvalue weighted by atomic mass is 10.2. The van der Waals surface area contributed by atoms with E-state index in [1.165, 1.54) is 17.7 Å². The maximum Gasteiger partial charge on any atom is 0.162 e. The van der Waals surface area contributed by atoms with Crippen LogP contribution < -0.4 is 14.8 Å². The molecule has 0 aliphatic carbocycles. The second-order valence-corrected chi connectivity index (χ2v) is 6.84. The van der Waals surface area contributed by atoms with Gasteiger partial charge in [-0.05, 0) is 31.5 Å². The van der Waals surface area contributed by atoms with E-state index in [2.05, 4.69) is 38.2 Å². The van der Waals surface area contributed by atoms with Crippen LogP contribution in [0, 0.1) is 0 Å². The quantitative estimate of drug-likeness (QED) is 0.777. The van der Waals surface area contributed by atoms with E-state index >= 15 is 0 Å². The van der Waals surface area contributed by atoms with E-state index in [0.29, 0.717) is 24.5 Å². The van der Waals surface area contributed by atoms with Gasteiger partial charge in [0, 0.05) is 22.7 Å². The Morgan fingerprint density at radius 1 is 1.20 bits per heavy atom. The number of ether oxygens (including phenoxy) is 2. The Morgan fingerprint density at radius 3 is 2.70 bits per heavy atom. The fourth-order valence-corrected chi connectivity index (χ4v) is 3.24. The third-order valence-electron chi connectivity index (χ3n) is 3.33. The highest BCUT2D eigenvalue weighted by Gasteiger charge is 2.13. The second-order valence-electron chi connectivity index (χ2n) is 5.33. The molecule has 20 heavy (non-hydrogen) atoms. The van der Waals surface area contributed by atoms with Gasteiger partial charge in [0.1, 0.15) is 13.2 Å². The standard InChI is InChI=1S/C16H25NO2S/c1-4-5-12(2)17-11-13(3)20-14-6-7-15-16(10-14)19-9-8-18-15/h6-7,10,12-13,17H,4-5,8-9,11H2,1-3H3. The Kier molecular flexibility index (Phi) is 6.05. The summed E-state index contributed by atoms with van der Waals surface area (Å²) >= 11 is 1.88. The van der Waals surface area contributed by atoms with E-state index in [-0.39, 0.29) is 0 Å². The van der Waals surface area contributed by atoms with Crippen LogP contribution in [0.15, 0.2) is 23.1 Å². The van der Waals surface area contributed by atoms with Crippen LogP contribution in [0.25, 0.3) is 0 Å². The maximum absolute atomic E-state index is 5.62. The SMILES string of the molecule is CCCC(C)NCC(C)Sc1ccc2c(c1)OCCO2. The third kappa shape index (κ3) is 4.60. The van der Waals surface area contributed by atoms with Crippen molar-refractivity contribution < 1.29 is 9.47 Å². The summed E-state index contributed by atoms with van der Waals surface area (Å²) in [5, 5.41) is 4.13. The molecule has 0 saturated carbocycles. The number of hydrogen-bond acceptors (Lipinski definition) is 4. The predicted molar refractivity (Wildman–Crippen MR) is 85.1 cm³/mol. The summed E-state index contributed by atoms with van der Waals surface area (Å²) in [5.74, 6) is 1.74. The summed E-state index contributed by atoms with van der Waals surface area (Å²) in [4.78, 5) is 1.24. The van der Waals surface area contributed by atoms with Crippen LogP contribution in [0.5, 0.6) is 11.5 Å². The van der Waals surface area contributed by atoms with E-state index in [9.17, 15) is 0 Å². The van der Waals surface area contributed by atoms with E-state index in [1.807, 2.05) is 17.8 Å². The molecule has 1 N–H and O–H groups in total. The molecule has 3 nitrogen and oxygen atoms in total. The zero-order valence-electron chi connectivity index (χ0n) is 12.6. The van der Waals surface area contributed by atoms with Crippen LogP contribution in [0.2, 0.25) is 0 Å². The van der Waals surface area contributed by atoms with Crippen molar-refractivity contribution in [1.29, 1.82) is 0 Å². The fraction of sp³-hybridized carbons (Fsp3) is 0.625. The fourth-order valence-electron chi connectivity index (χ4n) is 2.27. The molecule has 1 aromatic carbocycles. The molecule has 2 rings (SSSR count). The van der Waals surface area contributed by atoms with Gasteiger partial charge in [-0.15, -0.1) is 11.8 Å². The minimum absolute atomic E-state index is 0.539. The first kappa shape index (κ1) is 15.5. The van der Waals surface area contributed by atoms with Crippen molar-refractivity contribution in [3.05, 3.63) is 18.2 Å². The van der Waals surface area contributed by atoms with Gasteiger partial charge in [-0.1, -0.05) is 20.3 Å². The lowest BCUT2D eigenvalue weighted by molar-refractivity contribution is 0.171. The average molecular weight is 295 g/mol. The molecule has 1 aliphatic rings. The first-order valence-electron chi connectivity index (χ1n) is 7.48. The highest BCUT2D eigenvalue weighted by molar-refractivity contribution is 8.00. The molecule has 0 bridgehead atoms. The van der Waals surface area contributed by atoms with Gasteiger partial charge in [-0.2, -0.15) is 0 Å². The summed E-state index contributed by atoms with van der Waals surface area (Å²) in [5.41, 5.74) is 0. The van der Waals surface area contributed by atoms with Crippen molar-refractivity contribution in [1.82, 2.24) is 5.32 Å². The molecule has 2 unspecified atom stereocenters. The minimum atomic E-state index is 0.539. The summed E-state index contributed by atoms with van der Waals surface area (Å²) < 4.78 is 11.2. The van der Waals surface area contributed by atoms with Gasteiger partial charge in [0.25, 0.3) is 0 Å². The Labute approximate surface area is 126 Å². The molecule has 0 amide bonds. The average Bonchev–Trinajstić information content (AvgIpc) is 2.45. The van der Waals surface area contributed by atoms with Crippen LogP contribution in [-0.2, 0) is 0 Å². The summed E-state index contributed by atoms with van der Waals surface area (Å²) in [6.45, 7) is 9.06. The second kappa shape index (κ2) is 7.79. The monoisotopic (exact) mass is 295 g/mol. The van der Waals surface area contributed by atoms with Crippen molar-refractivity contribution in [3.8, 4) is 11.5 Å². The molecule has 0 radical (unpaired) electrons. The Bertz CT molecular complexity index is 425. The molecule has 2 atom stereocenters. The smallest absolute Gasteiger partial charge is 0.162 e. The highest BCUT2D eigenvalue weighted by atomic mass is 32.2. The lowest BCUT2D eigenvalue weighted by Gasteiger charge is -2.20. The van der Waals surface area contributed by atoms with Crippen molar-refractivity contribution in [2.45, 2.75) is 49.8 Å². The normalized spacial score (nSPS) is 16.8. The Morgan fingerprint density at radius 2 is 1.95 bits per heavy atom. The first-order chi connectivity index (χ1) is 9.69. The number of nitrogens with one attached hydrogen (secondary N) is 1. The number of rotatable bonds is 7. The molecule has 4 heteroatoms. The van der Waals surface area contributed by atoms with E-state index in [4.69, 9.17) is 9.47 Å². The number of fused-ring (bicyclic) bond motifs is 1. The molecule has 112 valence electrons. The number of benzene rings is 1. The maximum atomic E-state index is 5.62.